The molecule has 0 saturated carbocycles. The lowest BCUT2D eigenvalue weighted by atomic mass is 9.80. The molecule has 1 fully saturated rings. The average Bonchev–Trinajstić information content (AvgIpc) is 3.00. The van der Waals surface area contributed by atoms with E-state index in [1.165, 1.54) is 12.1 Å². The number of sulfonamides is 1. The molecular formula is C34H38N6O5S. The summed E-state index contributed by atoms with van der Waals surface area (Å²) in [5.74, 6) is 0.920. The van der Waals surface area contributed by atoms with E-state index in [1.54, 1.807) is 35.5 Å². The first-order valence-electron chi connectivity index (χ1n) is 15.4. The summed E-state index contributed by atoms with van der Waals surface area (Å²) in [6.45, 7) is 12.3. The van der Waals surface area contributed by atoms with E-state index in [4.69, 9.17) is 9.47 Å². The predicted molar refractivity (Wildman–Crippen MR) is 173 cm³/mol. The van der Waals surface area contributed by atoms with Crippen molar-refractivity contribution in [2.75, 3.05) is 11.3 Å². The van der Waals surface area contributed by atoms with Crippen LogP contribution in [0.5, 0.6) is 11.6 Å². The van der Waals surface area contributed by atoms with E-state index in [2.05, 4.69) is 38.5 Å². The van der Waals surface area contributed by atoms with Gasteiger partial charge in [0.1, 0.15) is 6.10 Å². The molecule has 1 amide bonds. The Kier molecular flexibility index (Phi) is 8.41. The molecule has 3 unspecified atom stereocenters. The number of piperidine rings is 1. The quantitative estimate of drug-likeness (QED) is 0.288. The zero-order valence-corrected chi connectivity index (χ0v) is 27.6. The molecule has 1 saturated heterocycles. The van der Waals surface area contributed by atoms with E-state index in [9.17, 15) is 13.2 Å². The number of nitrogens with one attached hydrogen (secondary N) is 1. The highest BCUT2D eigenvalue weighted by Gasteiger charge is 2.43. The van der Waals surface area contributed by atoms with Crippen LogP contribution < -0.4 is 14.2 Å². The lowest BCUT2D eigenvalue weighted by molar-refractivity contribution is -0.0105. The summed E-state index contributed by atoms with van der Waals surface area (Å²) in [4.78, 5) is 34.2. The number of hydrogen-bond donors (Lipinski definition) is 1. The van der Waals surface area contributed by atoms with Crippen molar-refractivity contribution in [3.05, 3.63) is 83.4 Å². The maximum atomic E-state index is 14.3. The molecule has 4 heterocycles. The van der Waals surface area contributed by atoms with Gasteiger partial charge in [-0.05, 0) is 69.4 Å². The number of anilines is 1. The van der Waals surface area contributed by atoms with Crippen LogP contribution >= 0.6 is 0 Å². The number of fused-ring (bicyclic) bond motifs is 6. The second kappa shape index (κ2) is 12.3. The number of aryl methyl sites for hydroxylation is 2. The molecule has 2 aromatic carbocycles. The lowest BCUT2D eigenvalue weighted by Crippen LogP contribution is -2.52. The van der Waals surface area contributed by atoms with Crippen molar-refractivity contribution in [3.63, 3.8) is 0 Å². The fraction of sp³-hybridized carbons (Fsp3) is 0.382. The van der Waals surface area contributed by atoms with Crippen LogP contribution in [0.2, 0.25) is 0 Å². The first kappa shape index (κ1) is 31.4. The Hall–Kier alpha value is -4.58. The summed E-state index contributed by atoms with van der Waals surface area (Å²) >= 11 is 0. The number of aromatic nitrogens is 4. The van der Waals surface area contributed by atoms with E-state index in [1.807, 2.05) is 45.9 Å². The van der Waals surface area contributed by atoms with Crippen LogP contribution in [-0.4, -0.2) is 57.9 Å². The largest absolute Gasteiger partial charge is 0.488 e. The first-order chi connectivity index (χ1) is 21.9. The summed E-state index contributed by atoms with van der Waals surface area (Å²) in [7, 11) is -4.17. The molecule has 2 aromatic heterocycles. The molecule has 2 aliphatic rings. The van der Waals surface area contributed by atoms with Crippen LogP contribution in [0.25, 0.3) is 11.3 Å². The topological polar surface area (TPSA) is 136 Å². The van der Waals surface area contributed by atoms with Gasteiger partial charge in [0.25, 0.3) is 15.9 Å². The third-order valence-electron chi connectivity index (χ3n) is 8.49. The summed E-state index contributed by atoms with van der Waals surface area (Å²) in [6, 6.07) is 13.1. The molecule has 0 radical (unpaired) electrons. The molecule has 6 rings (SSSR count). The number of amides is 1. The number of rotatable bonds is 5. The van der Waals surface area contributed by atoms with Crippen LogP contribution in [0, 0.1) is 25.7 Å². The Morgan fingerprint density at radius 3 is 2.35 bits per heavy atom. The molecule has 6 bridgehead atoms. The van der Waals surface area contributed by atoms with Gasteiger partial charge < -0.3 is 14.4 Å². The van der Waals surface area contributed by atoms with Crippen molar-refractivity contribution in [2.45, 2.75) is 71.1 Å². The molecule has 3 atom stereocenters. The summed E-state index contributed by atoms with van der Waals surface area (Å²) in [5, 5.41) is 0. The Bertz CT molecular complexity index is 1860. The van der Waals surface area contributed by atoms with Crippen molar-refractivity contribution in [1.82, 2.24) is 24.8 Å². The Morgan fingerprint density at radius 1 is 0.978 bits per heavy atom. The van der Waals surface area contributed by atoms with Gasteiger partial charge in [0.05, 0.1) is 41.7 Å². The monoisotopic (exact) mass is 642 g/mol. The Labute approximate surface area is 269 Å². The van der Waals surface area contributed by atoms with E-state index in [-0.39, 0.29) is 52.7 Å². The SMILES string of the molecule is Cc1cccc(C)c1-c1cc2nc(n1)NS(=O)(=O)c1cccc(c1)C(=O)N1CC(O2)C(C(C)C)CC1c1ncc(OC(C)C)cn1. The molecule has 4 aromatic rings. The third kappa shape index (κ3) is 6.26. The number of carbonyl (C=O) groups is 1. The van der Waals surface area contributed by atoms with E-state index >= 15 is 0 Å². The molecule has 0 spiro atoms. The highest BCUT2D eigenvalue weighted by atomic mass is 32.2. The molecular weight excluding hydrogens is 604 g/mol. The molecule has 12 heteroatoms. The number of ether oxygens (including phenoxy) is 2. The number of benzene rings is 2. The predicted octanol–water partition coefficient (Wildman–Crippen LogP) is 5.76. The Balaban J connectivity index is 1.50. The zero-order chi connectivity index (χ0) is 32.7. The normalized spacial score (nSPS) is 20.7. The van der Waals surface area contributed by atoms with Crippen molar-refractivity contribution in [1.29, 1.82) is 0 Å². The summed E-state index contributed by atoms with van der Waals surface area (Å²) in [5.41, 5.74) is 3.57. The second-order valence-electron chi connectivity index (χ2n) is 12.5. The minimum absolute atomic E-state index is 0.0144. The van der Waals surface area contributed by atoms with Gasteiger partial charge in [-0.1, -0.05) is 38.1 Å². The smallest absolute Gasteiger partial charge is 0.264 e. The average molecular weight is 643 g/mol. The van der Waals surface area contributed by atoms with Gasteiger partial charge in [-0.2, -0.15) is 4.98 Å². The van der Waals surface area contributed by atoms with Gasteiger partial charge in [0, 0.05) is 23.1 Å². The van der Waals surface area contributed by atoms with Gasteiger partial charge in [0.15, 0.2) is 11.6 Å². The van der Waals surface area contributed by atoms with Gasteiger partial charge in [-0.25, -0.2) is 28.1 Å². The van der Waals surface area contributed by atoms with Crippen LogP contribution in [0.3, 0.4) is 0 Å². The number of nitrogens with zero attached hydrogens (tertiary/aromatic N) is 5. The molecule has 46 heavy (non-hydrogen) atoms. The third-order valence-corrected chi connectivity index (χ3v) is 9.82. The number of hydrogen-bond acceptors (Lipinski definition) is 9. The van der Waals surface area contributed by atoms with Gasteiger partial charge in [0.2, 0.25) is 11.8 Å². The minimum atomic E-state index is -4.17. The maximum Gasteiger partial charge on any atom is 0.264 e. The van der Waals surface area contributed by atoms with Crippen LogP contribution in [-0.2, 0) is 10.0 Å². The molecule has 240 valence electrons. The van der Waals surface area contributed by atoms with Crippen LogP contribution in [0.15, 0.2) is 65.8 Å². The minimum Gasteiger partial charge on any atom is -0.488 e. The molecule has 2 aliphatic heterocycles. The standard InChI is InChI=1S/C34H38N6O5S/c1-19(2)26-14-28(32-35-16-24(17-36-32)44-20(3)4)40-18-29(26)45-30-15-27(31-21(5)9-7-10-22(31)6)37-34(38-30)39-46(42,43)25-12-8-11-23(13-25)33(40)41/h7-13,15-17,19-20,26,28-29H,14,18H2,1-6H3,(H,37,38,39). The fourth-order valence-electron chi connectivity index (χ4n) is 6.29. The van der Waals surface area contributed by atoms with E-state index in [0.29, 0.717) is 23.7 Å². The Morgan fingerprint density at radius 2 is 1.67 bits per heavy atom. The summed E-state index contributed by atoms with van der Waals surface area (Å²) in [6.07, 6.45) is 3.27. The van der Waals surface area contributed by atoms with Gasteiger partial charge >= 0.3 is 0 Å². The lowest BCUT2D eigenvalue weighted by Gasteiger charge is -2.44. The van der Waals surface area contributed by atoms with Crippen LogP contribution in [0.4, 0.5) is 5.95 Å². The van der Waals surface area contributed by atoms with Crippen LogP contribution in [0.1, 0.15) is 67.5 Å². The first-order valence-corrected chi connectivity index (χ1v) is 16.9. The molecule has 0 aliphatic carbocycles. The highest BCUT2D eigenvalue weighted by Crippen LogP contribution is 2.40. The zero-order valence-electron chi connectivity index (χ0n) is 26.8. The van der Waals surface area contributed by atoms with Gasteiger partial charge in [-0.15, -0.1) is 0 Å². The van der Waals surface area contributed by atoms with Crippen molar-refractivity contribution in [2.24, 2.45) is 11.8 Å². The van der Waals surface area contributed by atoms with Crippen molar-refractivity contribution < 1.29 is 22.7 Å². The summed E-state index contributed by atoms with van der Waals surface area (Å²) < 4.78 is 42.2. The van der Waals surface area contributed by atoms with Crippen molar-refractivity contribution in [3.8, 4) is 22.9 Å². The fourth-order valence-corrected chi connectivity index (χ4v) is 7.28. The number of carbonyl (C=O) groups excluding carboxylic acids is 1. The molecule has 11 nitrogen and oxygen atoms in total. The van der Waals surface area contributed by atoms with Gasteiger partial charge in [-0.3, -0.25) is 4.79 Å². The maximum absolute atomic E-state index is 14.3. The van der Waals surface area contributed by atoms with E-state index in [0.717, 1.165) is 16.7 Å². The highest BCUT2D eigenvalue weighted by molar-refractivity contribution is 7.92. The second-order valence-corrected chi connectivity index (χ2v) is 14.2. The molecule has 1 N–H and O–H groups in total. The van der Waals surface area contributed by atoms with Crippen molar-refractivity contribution >= 4 is 21.9 Å². The van der Waals surface area contributed by atoms with E-state index < -0.39 is 22.2 Å².